The summed E-state index contributed by atoms with van der Waals surface area (Å²) >= 11 is 3.46. The molecule has 0 radical (unpaired) electrons. The molecule has 2 aliphatic heterocycles. The second-order valence-electron chi connectivity index (χ2n) is 13.4. The van der Waals surface area contributed by atoms with Crippen molar-refractivity contribution in [3.63, 3.8) is 0 Å². The van der Waals surface area contributed by atoms with Crippen molar-refractivity contribution in [1.29, 1.82) is 0 Å². The summed E-state index contributed by atoms with van der Waals surface area (Å²) in [6, 6.07) is 61.3. The van der Waals surface area contributed by atoms with Gasteiger partial charge in [-0.05, 0) is 96.1 Å². The van der Waals surface area contributed by atoms with E-state index < -0.39 is 0 Å². The Kier molecular flexibility index (Phi) is 9.29. The van der Waals surface area contributed by atoms with Crippen LogP contribution in [0.3, 0.4) is 0 Å². The Hall–Kier alpha value is -6.70. The molecule has 0 spiro atoms. The summed E-state index contributed by atoms with van der Waals surface area (Å²) in [5.74, 6) is 3.69. The number of hydrogen-bond acceptors (Lipinski definition) is 5. The highest BCUT2D eigenvalue weighted by atomic mass is 79.9. The van der Waals surface area contributed by atoms with E-state index in [0.717, 1.165) is 89.4 Å². The minimum atomic E-state index is 0. The predicted molar refractivity (Wildman–Crippen MR) is 237 cm³/mol. The summed E-state index contributed by atoms with van der Waals surface area (Å²) < 4.78 is 24.6. The first-order chi connectivity index (χ1) is 27.2. The fourth-order valence-corrected chi connectivity index (χ4v) is 7.72. The number of hydrogen-bond donors (Lipinski definition) is 0. The van der Waals surface area contributed by atoms with Crippen molar-refractivity contribution in [1.82, 2.24) is 0 Å². The number of furan rings is 2. The lowest BCUT2D eigenvalue weighted by Crippen LogP contribution is -2.15. The van der Waals surface area contributed by atoms with E-state index in [2.05, 4.69) is 87.6 Å². The number of anilines is 3. The van der Waals surface area contributed by atoms with Crippen LogP contribution in [0.4, 0.5) is 17.1 Å². The average Bonchev–Trinajstić information content (AvgIpc) is 3.80. The van der Waals surface area contributed by atoms with Crippen molar-refractivity contribution in [3.05, 3.63) is 198 Å². The highest BCUT2D eigenvalue weighted by molar-refractivity contribution is 9.10. The summed E-state index contributed by atoms with van der Waals surface area (Å²) in [5.41, 5.74) is 9.37. The molecule has 5 nitrogen and oxygen atoms in total. The first-order valence-corrected chi connectivity index (χ1v) is 18.9. The van der Waals surface area contributed by atoms with Gasteiger partial charge in [0.15, 0.2) is 11.5 Å². The van der Waals surface area contributed by atoms with E-state index in [1.54, 1.807) is 0 Å². The zero-order chi connectivity index (χ0) is 36.7. The van der Waals surface area contributed by atoms with E-state index >= 15 is 0 Å². The van der Waals surface area contributed by atoms with Crippen LogP contribution >= 0.6 is 15.9 Å². The second-order valence-corrected chi connectivity index (χ2v) is 14.3. The van der Waals surface area contributed by atoms with Gasteiger partial charge in [-0.1, -0.05) is 121 Å². The lowest BCUT2D eigenvalue weighted by Gasteiger charge is -2.32. The first kappa shape index (κ1) is 35.0. The SMILES string of the molecule is Brc1ccc2oc3ccccc3c2c1.[BH4-].c1ccc2c(c1)Cc1ccccc1O2.c1ccc2c(c1)Oc1ccccc1N2c1ccc2oc3ccccc3c2c1. The molecule has 4 heterocycles. The quantitative estimate of drug-likeness (QED) is 0.155. The van der Waals surface area contributed by atoms with Crippen LogP contribution in [0.5, 0.6) is 23.0 Å². The van der Waals surface area contributed by atoms with Crippen molar-refractivity contribution in [3.8, 4) is 23.0 Å². The molecule has 0 fully saturated rings. The number of rotatable bonds is 1. The van der Waals surface area contributed by atoms with Crippen LogP contribution in [0.15, 0.2) is 195 Å². The number of halogens is 1. The molecule has 0 saturated carbocycles. The molecule has 12 rings (SSSR count). The zero-order valence-electron chi connectivity index (χ0n) is 29.5. The lowest BCUT2D eigenvalue weighted by molar-refractivity contribution is 0.460. The zero-order valence-corrected chi connectivity index (χ0v) is 31.1. The van der Waals surface area contributed by atoms with E-state index in [1.165, 1.54) is 16.5 Å². The molecular formula is C49H36BBrNO4-. The predicted octanol–water partition coefficient (Wildman–Crippen LogP) is 13.4. The van der Waals surface area contributed by atoms with Gasteiger partial charge in [0.1, 0.15) is 33.8 Å². The highest BCUT2D eigenvalue weighted by Gasteiger charge is 2.25. The van der Waals surface area contributed by atoms with Crippen LogP contribution in [-0.4, -0.2) is 8.41 Å². The molecule has 0 amide bonds. The Morgan fingerprint density at radius 1 is 0.393 bits per heavy atom. The van der Waals surface area contributed by atoms with Crippen LogP contribution in [0, 0.1) is 0 Å². The van der Waals surface area contributed by atoms with E-state index in [0.29, 0.717) is 0 Å². The fraction of sp³-hybridized carbons (Fsp3) is 0.0204. The monoisotopic (exact) mass is 792 g/mol. The molecule has 0 unspecified atom stereocenters. The maximum atomic E-state index is 6.11. The molecule has 2 aliphatic rings. The number of fused-ring (bicyclic) bond motifs is 10. The van der Waals surface area contributed by atoms with Gasteiger partial charge in [0.2, 0.25) is 0 Å². The summed E-state index contributed by atoms with van der Waals surface area (Å²) in [7, 11) is 0. The van der Waals surface area contributed by atoms with Crippen molar-refractivity contribution in [2.75, 3.05) is 4.90 Å². The van der Waals surface area contributed by atoms with Crippen LogP contribution in [0.1, 0.15) is 11.1 Å². The fourth-order valence-electron chi connectivity index (χ4n) is 7.36. The number of para-hydroxylation sites is 8. The van der Waals surface area contributed by atoms with Crippen molar-refractivity contribution < 1.29 is 18.3 Å². The molecular weight excluding hydrogens is 757 g/mol. The number of benzene rings is 8. The summed E-state index contributed by atoms with van der Waals surface area (Å²) in [6.45, 7) is 0. The molecule has 7 heteroatoms. The van der Waals surface area contributed by atoms with Gasteiger partial charge < -0.3 is 23.2 Å². The minimum Gasteiger partial charge on any atom is -0.457 e. The van der Waals surface area contributed by atoms with Gasteiger partial charge in [-0.15, -0.1) is 0 Å². The largest absolute Gasteiger partial charge is 0.457 e. The third kappa shape index (κ3) is 6.46. The van der Waals surface area contributed by atoms with Crippen molar-refractivity contribution in [2.45, 2.75) is 6.42 Å². The molecule has 0 aliphatic carbocycles. The third-order valence-electron chi connectivity index (χ3n) is 9.94. The third-order valence-corrected chi connectivity index (χ3v) is 10.4. The van der Waals surface area contributed by atoms with Crippen LogP contribution in [0.25, 0.3) is 43.9 Å². The van der Waals surface area contributed by atoms with Gasteiger partial charge in [-0.3, -0.25) is 0 Å². The molecule has 2 aromatic heterocycles. The Labute approximate surface area is 334 Å². The molecule has 0 bridgehead atoms. The van der Waals surface area contributed by atoms with Crippen molar-refractivity contribution in [2.24, 2.45) is 0 Å². The van der Waals surface area contributed by atoms with Gasteiger partial charge in [-0.2, -0.15) is 0 Å². The Bertz CT molecular complexity index is 2890. The normalized spacial score (nSPS) is 12.1. The highest BCUT2D eigenvalue weighted by Crippen LogP contribution is 2.50. The standard InChI is InChI=1S/C24H15NO2.C13H10O.C12H7BrO.BH4/c1-4-10-21-17(7-1)18-15-16(13-14-22(18)26-21)25-19-8-2-5-11-23(19)27-24-12-6-3-9-20(24)25;1-3-7-12-10(5-1)9-11-6-2-4-8-13(11)14-12;13-8-5-6-12-10(7-8)9-3-1-2-4-11(9)14-12;/h1-15H;1-8H,9H2;1-7H;1H4/q;;;-1. The first-order valence-electron chi connectivity index (χ1n) is 18.1. The Morgan fingerprint density at radius 2 is 0.821 bits per heavy atom. The maximum Gasteiger partial charge on any atom is 0.151 e. The summed E-state index contributed by atoms with van der Waals surface area (Å²) in [5, 5.41) is 4.58. The van der Waals surface area contributed by atoms with Crippen LogP contribution in [-0.2, 0) is 6.42 Å². The molecule has 272 valence electrons. The molecule has 10 aromatic rings. The molecule has 0 atom stereocenters. The molecule has 56 heavy (non-hydrogen) atoms. The Morgan fingerprint density at radius 3 is 1.41 bits per heavy atom. The molecule has 0 saturated heterocycles. The van der Waals surface area contributed by atoms with Gasteiger partial charge in [0.25, 0.3) is 0 Å². The van der Waals surface area contributed by atoms with Crippen LogP contribution in [0.2, 0.25) is 0 Å². The van der Waals surface area contributed by atoms with E-state index in [4.69, 9.17) is 18.3 Å². The topological polar surface area (TPSA) is 48.0 Å². The van der Waals surface area contributed by atoms with E-state index in [9.17, 15) is 0 Å². The van der Waals surface area contributed by atoms with Gasteiger partial charge >= 0.3 is 0 Å². The lowest BCUT2D eigenvalue weighted by atomic mass is 10.0. The molecule has 8 aromatic carbocycles. The molecule has 0 N–H and O–H groups in total. The summed E-state index contributed by atoms with van der Waals surface area (Å²) in [4.78, 5) is 2.25. The average molecular weight is 794 g/mol. The van der Waals surface area contributed by atoms with Crippen molar-refractivity contribution >= 4 is 85.3 Å². The van der Waals surface area contributed by atoms with E-state index in [-0.39, 0.29) is 8.41 Å². The summed E-state index contributed by atoms with van der Waals surface area (Å²) in [6.07, 6.45) is 0.979. The maximum absolute atomic E-state index is 6.11. The van der Waals surface area contributed by atoms with Crippen LogP contribution < -0.4 is 14.4 Å². The van der Waals surface area contributed by atoms with Gasteiger partial charge in [0.05, 0.1) is 11.4 Å². The van der Waals surface area contributed by atoms with Gasteiger partial charge in [-0.25, -0.2) is 0 Å². The number of ether oxygens (including phenoxy) is 2. The number of nitrogens with zero attached hydrogens (tertiary/aromatic N) is 1. The van der Waals surface area contributed by atoms with E-state index in [1.807, 2.05) is 115 Å². The minimum absolute atomic E-state index is 0. The second kappa shape index (κ2) is 14.9. The smallest absolute Gasteiger partial charge is 0.151 e. The Balaban J connectivity index is 0.000000119. The van der Waals surface area contributed by atoms with Gasteiger partial charge in [0, 0.05) is 38.1 Å².